The number of benzene rings is 4. The Labute approximate surface area is 231 Å². The van der Waals surface area contributed by atoms with Crippen molar-refractivity contribution in [2.45, 2.75) is 6.61 Å². The predicted molar refractivity (Wildman–Crippen MR) is 151 cm³/mol. The van der Waals surface area contributed by atoms with Crippen molar-refractivity contribution in [1.29, 1.82) is 0 Å². The van der Waals surface area contributed by atoms with Gasteiger partial charge in [-0.2, -0.15) is 5.10 Å². The number of nitrogens with one attached hydrogen (secondary N) is 2. The number of hydrogen-bond donors (Lipinski definition) is 2. The highest BCUT2D eigenvalue weighted by Crippen LogP contribution is 2.29. The van der Waals surface area contributed by atoms with Crippen molar-refractivity contribution in [3.63, 3.8) is 0 Å². The Morgan fingerprint density at radius 2 is 1.67 bits per heavy atom. The van der Waals surface area contributed by atoms with Gasteiger partial charge in [-0.05, 0) is 65.7 Å². The topological polar surface area (TPSA) is 98.3 Å². The molecule has 0 radical (unpaired) electrons. The number of carbonyl (C=O) groups excluding carboxylic acids is 2. The first kappa shape index (κ1) is 27.2. The molecule has 0 aliphatic rings. The van der Waals surface area contributed by atoms with Gasteiger partial charge in [0.2, 0.25) is 0 Å². The molecular weight excluding hydrogens is 518 g/mol. The van der Waals surface area contributed by atoms with Crippen LogP contribution < -0.4 is 25.0 Å². The summed E-state index contributed by atoms with van der Waals surface area (Å²) in [7, 11) is 1.51. The molecule has 9 heteroatoms. The molecule has 8 nitrogen and oxygen atoms in total. The number of amides is 2. The molecule has 0 bridgehead atoms. The first-order valence-corrected chi connectivity index (χ1v) is 12.3. The first-order valence-electron chi connectivity index (χ1n) is 12.0. The highest BCUT2D eigenvalue weighted by atomic mass is 35.5. The van der Waals surface area contributed by atoms with Gasteiger partial charge in [0.25, 0.3) is 11.8 Å². The van der Waals surface area contributed by atoms with E-state index >= 15 is 0 Å². The number of ether oxygens (including phenoxy) is 3. The standard InChI is InChI=1S/C30H26ClN3O5/c1-37-28-17-23(10-15-27(28)39-19-21-6-3-2-4-7-21)30(36)34-32-18-22-8-5-9-26(16-22)38-20-29(35)33-25-13-11-24(31)12-14-25/h2-18H,19-20H2,1H3,(H,33,35)(H,34,36)/b32-18+. The third-order valence-electron chi connectivity index (χ3n) is 5.40. The van der Waals surface area contributed by atoms with E-state index in [4.69, 9.17) is 25.8 Å². The summed E-state index contributed by atoms with van der Waals surface area (Å²) in [6.07, 6.45) is 1.48. The van der Waals surface area contributed by atoms with E-state index in [1.54, 1.807) is 66.7 Å². The molecule has 0 saturated heterocycles. The lowest BCUT2D eigenvalue weighted by atomic mass is 10.2. The maximum atomic E-state index is 12.6. The van der Waals surface area contributed by atoms with E-state index in [-0.39, 0.29) is 12.5 Å². The molecule has 0 heterocycles. The Morgan fingerprint density at radius 3 is 2.44 bits per heavy atom. The molecule has 4 rings (SSSR count). The molecular formula is C30H26ClN3O5. The van der Waals surface area contributed by atoms with Gasteiger partial charge in [0.1, 0.15) is 12.4 Å². The Hall–Kier alpha value is -4.82. The van der Waals surface area contributed by atoms with Gasteiger partial charge >= 0.3 is 0 Å². The fourth-order valence-electron chi connectivity index (χ4n) is 3.46. The van der Waals surface area contributed by atoms with Crippen LogP contribution in [-0.2, 0) is 11.4 Å². The smallest absolute Gasteiger partial charge is 0.271 e. The Balaban J connectivity index is 1.28. The number of halogens is 1. The highest BCUT2D eigenvalue weighted by molar-refractivity contribution is 6.30. The summed E-state index contributed by atoms with van der Waals surface area (Å²) in [6, 6.07) is 28.4. The summed E-state index contributed by atoms with van der Waals surface area (Å²) < 4.78 is 16.8. The first-order chi connectivity index (χ1) is 19.0. The Morgan fingerprint density at radius 1 is 0.872 bits per heavy atom. The molecule has 39 heavy (non-hydrogen) atoms. The van der Waals surface area contributed by atoms with Crippen LogP contribution in [0.15, 0.2) is 102 Å². The van der Waals surface area contributed by atoms with Crippen molar-refractivity contribution < 1.29 is 23.8 Å². The van der Waals surface area contributed by atoms with Gasteiger partial charge in [-0.15, -0.1) is 0 Å². The zero-order valence-corrected chi connectivity index (χ0v) is 21.9. The highest BCUT2D eigenvalue weighted by Gasteiger charge is 2.11. The summed E-state index contributed by atoms with van der Waals surface area (Å²) in [5, 5.41) is 7.34. The SMILES string of the molecule is COc1cc(C(=O)N/N=C/c2cccc(OCC(=O)Nc3ccc(Cl)cc3)c2)ccc1OCc1ccccc1. The molecule has 198 valence electrons. The molecule has 0 unspecified atom stereocenters. The molecule has 0 atom stereocenters. The number of hydrogen-bond acceptors (Lipinski definition) is 6. The van der Waals surface area contributed by atoms with Crippen LogP contribution >= 0.6 is 11.6 Å². The lowest BCUT2D eigenvalue weighted by Crippen LogP contribution is -2.20. The van der Waals surface area contributed by atoms with Crippen LogP contribution in [0.5, 0.6) is 17.2 Å². The number of hydrazone groups is 1. The van der Waals surface area contributed by atoms with Gasteiger partial charge in [-0.3, -0.25) is 9.59 Å². The van der Waals surface area contributed by atoms with Crippen LogP contribution in [0.4, 0.5) is 5.69 Å². The predicted octanol–water partition coefficient (Wildman–Crippen LogP) is 5.71. The zero-order chi connectivity index (χ0) is 27.5. The Kier molecular flexibility index (Phi) is 9.52. The molecule has 2 amide bonds. The number of methoxy groups -OCH3 is 1. The maximum Gasteiger partial charge on any atom is 0.271 e. The van der Waals surface area contributed by atoms with E-state index in [0.717, 1.165) is 5.56 Å². The lowest BCUT2D eigenvalue weighted by Gasteiger charge is -2.12. The molecule has 2 N–H and O–H groups in total. The van der Waals surface area contributed by atoms with E-state index in [0.29, 0.717) is 45.7 Å². The van der Waals surface area contributed by atoms with Gasteiger partial charge in [0, 0.05) is 16.3 Å². The van der Waals surface area contributed by atoms with Crippen molar-refractivity contribution in [3.05, 3.63) is 119 Å². The second-order valence-electron chi connectivity index (χ2n) is 8.26. The number of nitrogens with zero attached hydrogens (tertiary/aromatic N) is 1. The van der Waals surface area contributed by atoms with E-state index in [9.17, 15) is 9.59 Å². The summed E-state index contributed by atoms with van der Waals surface area (Å²) in [5.74, 6) is 0.723. The quantitative estimate of drug-likeness (QED) is 0.186. The molecule has 0 aliphatic carbocycles. The van der Waals surface area contributed by atoms with Crippen LogP contribution in [-0.4, -0.2) is 31.7 Å². The third-order valence-corrected chi connectivity index (χ3v) is 5.65. The van der Waals surface area contributed by atoms with E-state index in [2.05, 4.69) is 15.8 Å². The van der Waals surface area contributed by atoms with Crippen LogP contribution in [0.2, 0.25) is 5.02 Å². The monoisotopic (exact) mass is 543 g/mol. The van der Waals surface area contributed by atoms with Crippen molar-refractivity contribution in [3.8, 4) is 17.2 Å². The maximum absolute atomic E-state index is 12.6. The summed E-state index contributed by atoms with van der Waals surface area (Å²) in [4.78, 5) is 24.8. The molecule has 0 fully saturated rings. The normalized spacial score (nSPS) is 10.6. The average Bonchev–Trinajstić information content (AvgIpc) is 2.97. The fourth-order valence-corrected chi connectivity index (χ4v) is 3.58. The summed E-state index contributed by atoms with van der Waals surface area (Å²) >= 11 is 5.85. The fraction of sp³-hybridized carbons (Fsp3) is 0.100. The third kappa shape index (κ3) is 8.34. The number of anilines is 1. The summed E-state index contributed by atoms with van der Waals surface area (Å²) in [6.45, 7) is 0.204. The molecule has 4 aromatic carbocycles. The average molecular weight is 544 g/mol. The minimum absolute atomic E-state index is 0.174. The van der Waals surface area contributed by atoms with E-state index in [1.165, 1.54) is 13.3 Å². The minimum Gasteiger partial charge on any atom is -0.493 e. The largest absolute Gasteiger partial charge is 0.493 e. The van der Waals surface area contributed by atoms with Crippen LogP contribution in [0.1, 0.15) is 21.5 Å². The van der Waals surface area contributed by atoms with Gasteiger partial charge in [-0.1, -0.05) is 54.1 Å². The number of carbonyl (C=O) groups is 2. The lowest BCUT2D eigenvalue weighted by molar-refractivity contribution is -0.118. The van der Waals surface area contributed by atoms with E-state index in [1.807, 2.05) is 30.3 Å². The van der Waals surface area contributed by atoms with Gasteiger partial charge in [0.15, 0.2) is 18.1 Å². The zero-order valence-electron chi connectivity index (χ0n) is 21.1. The van der Waals surface area contributed by atoms with Crippen LogP contribution in [0.3, 0.4) is 0 Å². The van der Waals surface area contributed by atoms with Gasteiger partial charge in [-0.25, -0.2) is 5.43 Å². The summed E-state index contributed by atoms with van der Waals surface area (Å²) in [5.41, 5.74) is 5.17. The molecule has 0 aromatic heterocycles. The molecule has 0 saturated carbocycles. The number of rotatable bonds is 11. The Bertz CT molecular complexity index is 1440. The van der Waals surface area contributed by atoms with Gasteiger partial charge in [0.05, 0.1) is 13.3 Å². The van der Waals surface area contributed by atoms with Crippen molar-refractivity contribution in [1.82, 2.24) is 5.43 Å². The second-order valence-corrected chi connectivity index (χ2v) is 8.69. The van der Waals surface area contributed by atoms with Crippen LogP contribution in [0.25, 0.3) is 0 Å². The van der Waals surface area contributed by atoms with Crippen molar-refractivity contribution >= 4 is 35.3 Å². The minimum atomic E-state index is -0.412. The van der Waals surface area contributed by atoms with Crippen molar-refractivity contribution in [2.75, 3.05) is 19.0 Å². The molecule has 4 aromatic rings. The molecule has 0 spiro atoms. The van der Waals surface area contributed by atoms with Gasteiger partial charge < -0.3 is 19.5 Å². The molecule has 0 aliphatic heterocycles. The second kappa shape index (κ2) is 13.6. The van der Waals surface area contributed by atoms with Crippen LogP contribution in [0, 0.1) is 0 Å². The van der Waals surface area contributed by atoms with E-state index < -0.39 is 5.91 Å². The van der Waals surface area contributed by atoms with Crippen molar-refractivity contribution in [2.24, 2.45) is 5.10 Å².